The summed E-state index contributed by atoms with van der Waals surface area (Å²) in [6.45, 7) is 8.24. The van der Waals surface area contributed by atoms with Gasteiger partial charge in [-0.05, 0) is 65.2 Å². The van der Waals surface area contributed by atoms with Gasteiger partial charge in [0.15, 0.2) is 5.69 Å². The van der Waals surface area contributed by atoms with Gasteiger partial charge < -0.3 is 9.13 Å². The van der Waals surface area contributed by atoms with Gasteiger partial charge in [0, 0.05) is 32.8 Å². The molecule has 2 aromatic heterocycles. The molecule has 2 heterocycles. The van der Waals surface area contributed by atoms with Crippen molar-refractivity contribution in [1.82, 2.24) is 9.13 Å². The Kier molecular flexibility index (Phi) is 6.22. The maximum absolute atomic E-state index is 10.5. The molecule has 9 aromatic rings. The zero-order valence-corrected chi connectivity index (χ0v) is 25.8. The lowest BCUT2D eigenvalue weighted by atomic mass is 9.89. The van der Waals surface area contributed by atoms with Crippen LogP contribution in [0, 0.1) is 17.9 Å². The van der Waals surface area contributed by atoms with Crippen LogP contribution in [0.5, 0.6) is 0 Å². The highest BCUT2D eigenvalue weighted by atomic mass is 15.0. The molecule has 0 saturated carbocycles. The van der Waals surface area contributed by atoms with Crippen molar-refractivity contribution in [2.45, 2.75) is 0 Å². The Hall–Kier alpha value is -6.88. The molecule has 0 fully saturated rings. The molecule has 0 aliphatic carbocycles. The summed E-state index contributed by atoms with van der Waals surface area (Å²) in [6, 6.07) is 56.4. The first kappa shape index (κ1) is 27.4. The van der Waals surface area contributed by atoms with Crippen molar-refractivity contribution in [2.75, 3.05) is 0 Å². The molecule has 4 heteroatoms. The summed E-state index contributed by atoms with van der Waals surface area (Å²) in [7, 11) is 0. The second kappa shape index (κ2) is 10.9. The molecule has 48 heavy (non-hydrogen) atoms. The van der Waals surface area contributed by atoms with Gasteiger partial charge in [0.1, 0.15) is 0 Å². The van der Waals surface area contributed by atoms with Gasteiger partial charge in [0.25, 0.3) is 0 Å². The van der Waals surface area contributed by atoms with Crippen LogP contribution in [0.25, 0.3) is 82.1 Å². The van der Waals surface area contributed by atoms with Crippen LogP contribution in [0.4, 0.5) is 5.69 Å². The minimum Gasteiger partial charge on any atom is -0.309 e. The fourth-order valence-corrected chi connectivity index (χ4v) is 7.39. The summed E-state index contributed by atoms with van der Waals surface area (Å²) < 4.78 is 4.53. The summed E-state index contributed by atoms with van der Waals surface area (Å²) in [6.07, 6.45) is 0. The largest absolute Gasteiger partial charge is 0.309 e. The van der Waals surface area contributed by atoms with Crippen LogP contribution < -0.4 is 0 Å². The first-order valence-corrected chi connectivity index (χ1v) is 15.9. The van der Waals surface area contributed by atoms with Gasteiger partial charge in [-0.15, -0.1) is 0 Å². The Bertz CT molecular complexity index is 2690. The summed E-state index contributed by atoms with van der Waals surface area (Å²) in [4.78, 5) is 4.01. The molecule has 222 valence electrons. The molecule has 0 saturated heterocycles. The van der Waals surface area contributed by atoms with E-state index in [2.05, 4.69) is 141 Å². The summed E-state index contributed by atoms with van der Waals surface area (Å²) in [5, 5.41) is 15.2. The Labute approximate surface area is 277 Å². The number of benzene rings is 7. The Morgan fingerprint density at radius 3 is 1.50 bits per heavy atom. The van der Waals surface area contributed by atoms with Crippen molar-refractivity contribution >= 4 is 49.3 Å². The van der Waals surface area contributed by atoms with Gasteiger partial charge in [-0.25, -0.2) is 4.85 Å². The molecule has 0 aliphatic rings. The topological polar surface area (TPSA) is 38.0 Å². The van der Waals surface area contributed by atoms with E-state index in [1.807, 2.05) is 36.4 Å². The summed E-state index contributed by atoms with van der Waals surface area (Å²) >= 11 is 0. The smallest absolute Gasteiger partial charge is 0.195 e. The highest BCUT2D eigenvalue weighted by Crippen LogP contribution is 2.45. The lowest BCUT2D eigenvalue weighted by molar-refractivity contribution is 1.18. The van der Waals surface area contributed by atoms with Crippen molar-refractivity contribution in [1.29, 1.82) is 5.26 Å². The lowest BCUT2D eigenvalue weighted by Crippen LogP contribution is -2.01. The molecule has 0 bridgehead atoms. The predicted octanol–water partition coefficient (Wildman–Crippen LogP) is 11.6. The molecule has 0 aliphatic heterocycles. The number of nitriles is 1. The second-order valence-electron chi connectivity index (χ2n) is 11.9. The Morgan fingerprint density at radius 1 is 0.479 bits per heavy atom. The lowest BCUT2D eigenvalue weighted by Gasteiger charge is -2.20. The van der Waals surface area contributed by atoms with E-state index in [0.29, 0.717) is 11.3 Å². The minimum absolute atomic E-state index is 0.503. The van der Waals surface area contributed by atoms with Gasteiger partial charge in [0.2, 0.25) is 0 Å². The van der Waals surface area contributed by atoms with Gasteiger partial charge in [-0.2, -0.15) is 5.26 Å². The zero-order chi connectivity index (χ0) is 32.2. The van der Waals surface area contributed by atoms with E-state index in [9.17, 15) is 5.26 Å². The van der Waals surface area contributed by atoms with E-state index in [-0.39, 0.29) is 0 Å². The van der Waals surface area contributed by atoms with Crippen LogP contribution in [-0.2, 0) is 0 Å². The maximum atomic E-state index is 10.5. The molecule has 0 amide bonds. The number of aromatic nitrogens is 2. The molecule has 0 N–H and O–H groups in total. The van der Waals surface area contributed by atoms with Crippen LogP contribution in [0.1, 0.15) is 5.56 Å². The van der Waals surface area contributed by atoms with E-state index < -0.39 is 0 Å². The summed E-state index contributed by atoms with van der Waals surface area (Å²) in [5.41, 5.74) is 10.7. The maximum Gasteiger partial charge on any atom is 0.195 e. The summed E-state index contributed by atoms with van der Waals surface area (Å²) in [5.74, 6) is 0. The van der Waals surface area contributed by atoms with Crippen molar-refractivity contribution in [2.24, 2.45) is 0 Å². The van der Waals surface area contributed by atoms with Crippen molar-refractivity contribution < 1.29 is 0 Å². The van der Waals surface area contributed by atoms with E-state index >= 15 is 0 Å². The van der Waals surface area contributed by atoms with Gasteiger partial charge >= 0.3 is 0 Å². The average Bonchev–Trinajstić information content (AvgIpc) is 3.67. The van der Waals surface area contributed by atoms with E-state index in [1.54, 1.807) is 0 Å². The Morgan fingerprint density at radius 2 is 0.979 bits per heavy atom. The number of para-hydroxylation sites is 4. The van der Waals surface area contributed by atoms with Gasteiger partial charge in [0.05, 0.1) is 46.0 Å². The first-order chi connectivity index (χ1) is 23.8. The van der Waals surface area contributed by atoms with Crippen LogP contribution in [-0.4, -0.2) is 9.13 Å². The SMILES string of the molecule is [C-]#[N+]c1cccc(-c2ccc(-n3c4ccccc4c4ccccc43)cc2)c1-c1c(C#N)cccc1-n1c2ccccc2c2ccccc21. The van der Waals surface area contributed by atoms with Crippen LogP contribution in [0.2, 0.25) is 0 Å². The first-order valence-electron chi connectivity index (χ1n) is 15.9. The fourth-order valence-electron chi connectivity index (χ4n) is 7.39. The molecular weight excluding hydrogens is 585 g/mol. The van der Waals surface area contributed by atoms with Gasteiger partial charge in [-0.3, -0.25) is 0 Å². The Balaban J connectivity index is 1.29. The molecule has 0 unspecified atom stereocenters. The minimum atomic E-state index is 0.503. The van der Waals surface area contributed by atoms with Crippen LogP contribution in [0.3, 0.4) is 0 Å². The second-order valence-corrected chi connectivity index (χ2v) is 11.9. The highest BCUT2D eigenvalue weighted by molar-refractivity contribution is 6.11. The molecule has 7 aromatic carbocycles. The fraction of sp³-hybridized carbons (Fsp3) is 0. The number of fused-ring (bicyclic) bond motifs is 6. The quantitative estimate of drug-likeness (QED) is 0.183. The average molecular weight is 611 g/mol. The number of hydrogen-bond donors (Lipinski definition) is 0. The third kappa shape index (κ3) is 4.01. The highest BCUT2D eigenvalue weighted by Gasteiger charge is 2.23. The number of hydrogen-bond acceptors (Lipinski definition) is 1. The zero-order valence-electron chi connectivity index (χ0n) is 25.8. The normalized spacial score (nSPS) is 11.3. The molecule has 0 atom stereocenters. The predicted molar refractivity (Wildman–Crippen MR) is 197 cm³/mol. The molecule has 0 spiro atoms. The standard InChI is InChI=1S/C44H26N4/c1-46-37-18-11-17-32(29-24-26-31(27-25-29)47-38-19-6-2-13-33(38)34-14-3-7-20-39(34)47)44(37)43-30(28-45)12-10-23-42(43)48-40-21-8-4-15-35(40)36-16-5-9-22-41(36)48/h2-27H. The van der Waals surface area contributed by atoms with E-state index in [1.165, 1.54) is 10.8 Å². The molecular formula is C44H26N4. The van der Waals surface area contributed by atoms with Crippen LogP contribution >= 0.6 is 0 Å². The monoisotopic (exact) mass is 610 g/mol. The van der Waals surface area contributed by atoms with Crippen molar-refractivity contribution in [3.05, 3.63) is 175 Å². The number of rotatable bonds is 4. The third-order valence-corrected chi connectivity index (χ3v) is 9.41. The van der Waals surface area contributed by atoms with Crippen molar-refractivity contribution in [3.63, 3.8) is 0 Å². The number of nitrogens with zero attached hydrogens (tertiary/aromatic N) is 4. The molecule has 9 rings (SSSR count). The van der Waals surface area contributed by atoms with E-state index in [0.717, 1.165) is 66.5 Å². The third-order valence-electron chi connectivity index (χ3n) is 9.41. The van der Waals surface area contributed by atoms with Crippen LogP contribution in [0.15, 0.2) is 158 Å². The van der Waals surface area contributed by atoms with Crippen molar-refractivity contribution in [3.8, 4) is 39.7 Å². The van der Waals surface area contributed by atoms with E-state index in [4.69, 9.17) is 6.57 Å². The van der Waals surface area contributed by atoms with Gasteiger partial charge in [-0.1, -0.05) is 109 Å². The molecule has 4 nitrogen and oxygen atoms in total. The molecule has 0 radical (unpaired) electrons.